The molecule has 1 aromatic rings. The summed E-state index contributed by atoms with van der Waals surface area (Å²) >= 11 is 11.2. The maximum absolute atomic E-state index is 5.75. The van der Waals surface area contributed by atoms with Crippen molar-refractivity contribution in [1.82, 2.24) is 5.32 Å². The molecule has 1 aromatic carbocycles. The van der Waals surface area contributed by atoms with Crippen LogP contribution in [0.15, 0.2) is 28.8 Å². The van der Waals surface area contributed by atoms with Crippen LogP contribution in [-0.2, 0) is 6.54 Å². The summed E-state index contributed by atoms with van der Waals surface area (Å²) in [5.74, 6) is 1.32. The highest BCUT2D eigenvalue weighted by Gasteiger charge is 2.06. The normalized spacial score (nSPS) is 11.4. The topological polar surface area (TPSA) is 30.5 Å². The molecule has 0 amide bonds. The van der Waals surface area contributed by atoms with E-state index in [2.05, 4.69) is 5.32 Å². The quantitative estimate of drug-likeness (QED) is 0.866. The Morgan fingerprint density at radius 1 is 1.41 bits per heavy atom. The standard InChI is InChI=1S/C12H15Cl2NO2/c1-15-7-9-3-4-11(12(5-9)16-2)17-8-10(14)6-13/h3-6,15H,7-8H2,1-2H3. The highest BCUT2D eigenvalue weighted by atomic mass is 35.5. The number of halogens is 2. The van der Waals surface area contributed by atoms with Crippen LogP contribution in [0.2, 0.25) is 0 Å². The van der Waals surface area contributed by atoms with Gasteiger partial charge in [-0.3, -0.25) is 0 Å². The molecule has 94 valence electrons. The van der Waals surface area contributed by atoms with Gasteiger partial charge in [0.15, 0.2) is 11.5 Å². The molecule has 1 rings (SSSR count). The summed E-state index contributed by atoms with van der Waals surface area (Å²) in [6.07, 6.45) is 0. The van der Waals surface area contributed by atoms with E-state index in [0.717, 1.165) is 12.1 Å². The maximum atomic E-state index is 5.75. The Hall–Kier alpha value is -0.900. The molecule has 0 aliphatic rings. The number of hydrogen-bond acceptors (Lipinski definition) is 3. The van der Waals surface area contributed by atoms with Gasteiger partial charge in [-0.05, 0) is 24.7 Å². The van der Waals surface area contributed by atoms with Gasteiger partial charge in [0.25, 0.3) is 0 Å². The van der Waals surface area contributed by atoms with Gasteiger partial charge in [-0.1, -0.05) is 29.3 Å². The molecule has 3 nitrogen and oxygen atoms in total. The second-order valence-electron chi connectivity index (χ2n) is 3.36. The fourth-order valence-corrected chi connectivity index (χ4v) is 1.44. The molecular weight excluding hydrogens is 261 g/mol. The number of ether oxygens (including phenoxy) is 2. The minimum Gasteiger partial charge on any atom is -0.493 e. The van der Waals surface area contributed by atoms with Crippen molar-refractivity contribution < 1.29 is 9.47 Å². The van der Waals surface area contributed by atoms with Crippen LogP contribution in [0.1, 0.15) is 5.56 Å². The van der Waals surface area contributed by atoms with E-state index >= 15 is 0 Å². The average molecular weight is 276 g/mol. The zero-order valence-corrected chi connectivity index (χ0v) is 11.3. The van der Waals surface area contributed by atoms with Crippen molar-refractivity contribution in [2.45, 2.75) is 6.54 Å². The van der Waals surface area contributed by atoms with E-state index < -0.39 is 0 Å². The predicted molar refractivity (Wildman–Crippen MR) is 71.0 cm³/mol. The zero-order valence-electron chi connectivity index (χ0n) is 9.80. The molecule has 0 aromatic heterocycles. The second kappa shape index (κ2) is 7.43. The largest absolute Gasteiger partial charge is 0.493 e. The van der Waals surface area contributed by atoms with Gasteiger partial charge >= 0.3 is 0 Å². The van der Waals surface area contributed by atoms with E-state index in [4.69, 9.17) is 32.7 Å². The van der Waals surface area contributed by atoms with Gasteiger partial charge in [-0.2, -0.15) is 0 Å². The summed E-state index contributed by atoms with van der Waals surface area (Å²) in [4.78, 5) is 0. The van der Waals surface area contributed by atoms with E-state index in [0.29, 0.717) is 16.5 Å². The lowest BCUT2D eigenvalue weighted by molar-refractivity contribution is 0.323. The molecule has 0 bridgehead atoms. The van der Waals surface area contributed by atoms with E-state index in [1.54, 1.807) is 7.11 Å². The lowest BCUT2D eigenvalue weighted by atomic mass is 10.2. The fraction of sp³-hybridized carbons (Fsp3) is 0.333. The number of hydrogen-bond donors (Lipinski definition) is 1. The molecule has 0 atom stereocenters. The van der Waals surface area contributed by atoms with Crippen molar-refractivity contribution >= 4 is 23.2 Å². The SMILES string of the molecule is CNCc1ccc(OCC(Cl)=CCl)c(OC)c1. The lowest BCUT2D eigenvalue weighted by Gasteiger charge is -2.11. The molecule has 0 unspecified atom stereocenters. The Bertz CT molecular complexity index is 394. The van der Waals surface area contributed by atoms with Crippen molar-refractivity contribution in [3.8, 4) is 11.5 Å². The Kier molecular flexibility index (Phi) is 6.19. The minimum absolute atomic E-state index is 0.229. The van der Waals surface area contributed by atoms with Crippen LogP contribution >= 0.6 is 23.2 Å². The van der Waals surface area contributed by atoms with Crippen molar-refractivity contribution in [2.24, 2.45) is 0 Å². The predicted octanol–water partition coefficient (Wildman–Crippen LogP) is 3.11. The minimum atomic E-state index is 0.229. The zero-order chi connectivity index (χ0) is 12.7. The molecule has 0 fully saturated rings. The van der Waals surface area contributed by atoms with Crippen LogP contribution in [0.5, 0.6) is 11.5 Å². The van der Waals surface area contributed by atoms with Gasteiger partial charge in [0.1, 0.15) is 6.61 Å². The monoisotopic (exact) mass is 275 g/mol. The van der Waals surface area contributed by atoms with Crippen molar-refractivity contribution in [2.75, 3.05) is 20.8 Å². The molecule has 0 aliphatic carbocycles. The molecule has 0 saturated heterocycles. The highest BCUT2D eigenvalue weighted by Crippen LogP contribution is 2.28. The summed E-state index contributed by atoms with van der Waals surface area (Å²) in [7, 11) is 3.49. The lowest BCUT2D eigenvalue weighted by Crippen LogP contribution is -2.06. The molecule has 0 radical (unpaired) electrons. The van der Waals surface area contributed by atoms with E-state index in [1.807, 2.05) is 25.2 Å². The van der Waals surface area contributed by atoms with Crippen LogP contribution in [0.25, 0.3) is 0 Å². The van der Waals surface area contributed by atoms with E-state index in [1.165, 1.54) is 5.54 Å². The Labute approximate surface area is 111 Å². The summed E-state index contributed by atoms with van der Waals surface area (Å²) in [5.41, 5.74) is 2.40. The summed E-state index contributed by atoms with van der Waals surface area (Å²) in [6.45, 7) is 1.01. The Balaban J connectivity index is 2.78. The van der Waals surface area contributed by atoms with E-state index in [-0.39, 0.29) is 6.61 Å². The first-order valence-electron chi connectivity index (χ1n) is 5.10. The first-order valence-corrected chi connectivity index (χ1v) is 5.91. The van der Waals surface area contributed by atoms with Crippen LogP contribution < -0.4 is 14.8 Å². The van der Waals surface area contributed by atoms with Crippen LogP contribution in [0.3, 0.4) is 0 Å². The number of methoxy groups -OCH3 is 1. The van der Waals surface area contributed by atoms with Crippen LogP contribution in [0.4, 0.5) is 0 Å². The third-order valence-electron chi connectivity index (χ3n) is 2.09. The van der Waals surface area contributed by atoms with E-state index in [9.17, 15) is 0 Å². The molecule has 0 heterocycles. The van der Waals surface area contributed by atoms with Gasteiger partial charge < -0.3 is 14.8 Å². The smallest absolute Gasteiger partial charge is 0.161 e. The Morgan fingerprint density at radius 3 is 2.76 bits per heavy atom. The van der Waals surface area contributed by atoms with Gasteiger partial charge in [-0.15, -0.1) is 0 Å². The summed E-state index contributed by atoms with van der Waals surface area (Å²) in [6, 6.07) is 5.74. The third-order valence-corrected chi connectivity index (χ3v) is 2.69. The molecule has 0 saturated carbocycles. The van der Waals surface area contributed by atoms with Gasteiger partial charge in [0.05, 0.1) is 12.1 Å². The van der Waals surface area contributed by atoms with Crippen LogP contribution in [-0.4, -0.2) is 20.8 Å². The van der Waals surface area contributed by atoms with Gasteiger partial charge in [0.2, 0.25) is 0 Å². The van der Waals surface area contributed by atoms with Crippen molar-refractivity contribution in [3.05, 3.63) is 34.3 Å². The number of nitrogens with one attached hydrogen (secondary N) is 1. The van der Waals surface area contributed by atoms with Crippen molar-refractivity contribution in [1.29, 1.82) is 0 Å². The summed E-state index contributed by atoms with van der Waals surface area (Å²) in [5, 5.41) is 3.51. The highest BCUT2D eigenvalue weighted by molar-refractivity contribution is 6.36. The average Bonchev–Trinajstić information content (AvgIpc) is 2.36. The van der Waals surface area contributed by atoms with Crippen LogP contribution in [0, 0.1) is 0 Å². The first kappa shape index (κ1) is 14.2. The molecule has 0 aliphatic heterocycles. The Morgan fingerprint density at radius 2 is 2.18 bits per heavy atom. The molecular formula is C12H15Cl2NO2. The van der Waals surface area contributed by atoms with Gasteiger partial charge in [-0.25, -0.2) is 0 Å². The second-order valence-corrected chi connectivity index (χ2v) is 4.06. The molecule has 1 N–H and O–H groups in total. The summed E-state index contributed by atoms with van der Waals surface area (Å²) < 4.78 is 10.7. The molecule has 17 heavy (non-hydrogen) atoms. The maximum Gasteiger partial charge on any atom is 0.161 e. The third kappa shape index (κ3) is 4.46. The number of benzene rings is 1. The van der Waals surface area contributed by atoms with Gasteiger partial charge in [0, 0.05) is 12.1 Å². The molecule has 0 spiro atoms. The first-order chi connectivity index (χ1) is 8.21. The molecule has 5 heteroatoms. The number of rotatable bonds is 6. The fourth-order valence-electron chi connectivity index (χ4n) is 1.32. The van der Waals surface area contributed by atoms with Crippen molar-refractivity contribution in [3.63, 3.8) is 0 Å².